The van der Waals surface area contributed by atoms with E-state index < -0.39 is 0 Å². The van der Waals surface area contributed by atoms with Crippen LogP contribution in [0.4, 0.5) is 5.82 Å². The van der Waals surface area contributed by atoms with Crippen LogP contribution in [0.15, 0.2) is 54.9 Å². The van der Waals surface area contributed by atoms with Crippen molar-refractivity contribution in [2.24, 2.45) is 0 Å². The van der Waals surface area contributed by atoms with Gasteiger partial charge in [0.05, 0.1) is 24.0 Å². The van der Waals surface area contributed by atoms with Crippen molar-refractivity contribution in [3.05, 3.63) is 71.7 Å². The Morgan fingerprint density at radius 1 is 1.17 bits per heavy atom. The van der Waals surface area contributed by atoms with E-state index >= 15 is 0 Å². The van der Waals surface area contributed by atoms with Crippen molar-refractivity contribution < 1.29 is 9.47 Å². The van der Waals surface area contributed by atoms with Crippen LogP contribution in [0.5, 0.6) is 11.5 Å². The van der Waals surface area contributed by atoms with Crippen molar-refractivity contribution in [3.8, 4) is 23.3 Å². The first-order valence-electron chi connectivity index (χ1n) is 9.20. The summed E-state index contributed by atoms with van der Waals surface area (Å²) in [6.07, 6.45) is 1.44. The Kier molecular flexibility index (Phi) is 3.93. The molecule has 2 N–H and O–H groups in total. The van der Waals surface area contributed by atoms with Gasteiger partial charge in [-0.15, -0.1) is 0 Å². The van der Waals surface area contributed by atoms with Crippen molar-refractivity contribution in [1.29, 1.82) is 5.26 Å². The molecule has 0 aliphatic carbocycles. The number of nitrogens with zero attached hydrogens (tertiary/aromatic N) is 4. The molecule has 0 saturated carbocycles. The zero-order chi connectivity index (χ0) is 20.0. The molecule has 0 radical (unpaired) electrons. The predicted molar refractivity (Wildman–Crippen MR) is 108 cm³/mol. The summed E-state index contributed by atoms with van der Waals surface area (Å²) in [6.45, 7) is 2.50. The van der Waals surface area contributed by atoms with E-state index in [9.17, 15) is 5.26 Å². The molecule has 4 aromatic rings. The van der Waals surface area contributed by atoms with E-state index in [2.05, 4.69) is 20.6 Å². The number of nitrogens with two attached hydrogens (primary N) is 1. The first kappa shape index (κ1) is 17.2. The van der Waals surface area contributed by atoms with E-state index in [0.717, 1.165) is 28.0 Å². The standard InChI is InChI=1S/C22H17N5O2/c1-13-19-17(11-28-13)27(21-20(19)25-12-26-22(21)24)15-6-8-16(9-7-15)29-18-5-3-2-4-14(18)10-23/h2-9,12-13H,11H2,1H3,(H2,24,25,26). The summed E-state index contributed by atoms with van der Waals surface area (Å²) in [6, 6.07) is 16.9. The van der Waals surface area contributed by atoms with Gasteiger partial charge in [-0.05, 0) is 43.3 Å². The number of hydrogen-bond donors (Lipinski definition) is 1. The van der Waals surface area contributed by atoms with Crippen LogP contribution in [0.25, 0.3) is 16.7 Å². The summed E-state index contributed by atoms with van der Waals surface area (Å²) < 4.78 is 13.8. The van der Waals surface area contributed by atoms with Gasteiger partial charge in [0.15, 0.2) is 5.82 Å². The first-order chi connectivity index (χ1) is 14.2. The van der Waals surface area contributed by atoms with Gasteiger partial charge in [0.1, 0.15) is 34.9 Å². The molecule has 142 valence electrons. The lowest BCUT2D eigenvalue weighted by Crippen LogP contribution is -2.03. The second kappa shape index (κ2) is 6.62. The summed E-state index contributed by atoms with van der Waals surface area (Å²) in [4.78, 5) is 8.63. The van der Waals surface area contributed by atoms with Gasteiger partial charge >= 0.3 is 0 Å². The summed E-state index contributed by atoms with van der Waals surface area (Å²) >= 11 is 0. The maximum absolute atomic E-state index is 9.23. The van der Waals surface area contributed by atoms with Gasteiger partial charge in [-0.2, -0.15) is 5.26 Å². The lowest BCUT2D eigenvalue weighted by atomic mass is 10.1. The maximum Gasteiger partial charge on any atom is 0.151 e. The van der Waals surface area contributed by atoms with Gasteiger partial charge in [0, 0.05) is 11.3 Å². The molecule has 1 aliphatic rings. The second-order valence-corrected chi connectivity index (χ2v) is 6.81. The molecule has 0 spiro atoms. The summed E-state index contributed by atoms with van der Waals surface area (Å²) in [5, 5.41) is 9.23. The summed E-state index contributed by atoms with van der Waals surface area (Å²) in [5.41, 5.74) is 11.3. The number of fused-ring (bicyclic) bond motifs is 3. The van der Waals surface area contributed by atoms with Gasteiger partial charge in [0.2, 0.25) is 0 Å². The molecule has 0 fully saturated rings. The molecule has 0 bridgehead atoms. The van der Waals surface area contributed by atoms with Gasteiger partial charge < -0.3 is 19.8 Å². The highest BCUT2D eigenvalue weighted by Crippen LogP contribution is 2.40. The monoisotopic (exact) mass is 383 g/mol. The zero-order valence-corrected chi connectivity index (χ0v) is 15.7. The van der Waals surface area contributed by atoms with Gasteiger partial charge in [-0.25, -0.2) is 9.97 Å². The van der Waals surface area contributed by atoms with Crippen LogP contribution in [-0.4, -0.2) is 14.5 Å². The Morgan fingerprint density at radius 2 is 1.97 bits per heavy atom. The van der Waals surface area contributed by atoms with E-state index in [4.69, 9.17) is 15.2 Å². The number of nitriles is 1. The van der Waals surface area contributed by atoms with Crippen LogP contribution in [0, 0.1) is 11.3 Å². The van der Waals surface area contributed by atoms with Crippen LogP contribution >= 0.6 is 0 Å². The van der Waals surface area contributed by atoms with E-state index in [1.165, 1.54) is 6.33 Å². The van der Waals surface area contributed by atoms with Crippen LogP contribution in [0.3, 0.4) is 0 Å². The largest absolute Gasteiger partial charge is 0.456 e. The third-order valence-corrected chi connectivity index (χ3v) is 5.12. The van der Waals surface area contributed by atoms with Crippen LogP contribution in [-0.2, 0) is 11.3 Å². The molecule has 7 heteroatoms. The topological polar surface area (TPSA) is 99.0 Å². The minimum atomic E-state index is -0.0480. The molecule has 5 rings (SSSR count). The number of anilines is 1. The minimum absolute atomic E-state index is 0.0480. The molecular formula is C22H17N5O2. The van der Waals surface area contributed by atoms with Crippen molar-refractivity contribution in [3.63, 3.8) is 0 Å². The lowest BCUT2D eigenvalue weighted by molar-refractivity contribution is 0.0783. The Morgan fingerprint density at radius 3 is 2.76 bits per heavy atom. The zero-order valence-electron chi connectivity index (χ0n) is 15.7. The third-order valence-electron chi connectivity index (χ3n) is 5.12. The van der Waals surface area contributed by atoms with Crippen LogP contribution in [0.1, 0.15) is 29.8 Å². The predicted octanol–water partition coefficient (Wildman–Crippen LogP) is 4.26. The number of hydrogen-bond acceptors (Lipinski definition) is 6. The number of rotatable bonds is 3. The molecule has 2 aromatic carbocycles. The first-order valence-corrected chi connectivity index (χ1v) is 9.20. The van der Waals surface area contributed by atoms with Crippen LogP contribution < -0.4 is 10.5 Å². The molecule has 29 heavy (non-hydrogen) atoms. The molecular weight excluding hydrogens is 366 g/mol. The fourth-order valence-corrected chi connectivity index (χ4v) is 3.78. The molecule has 0 saturated heterocycles. The van der Waals surface area contributed by atoms with Crippen molar-refractivity contribution in [2.75, 3.05) is 5.73 Å². The SMILES string of the molecule is CC1OCc2c1c1ncnc(N)c1n2-c1ccc(Oc2ccccc2C#N)cc1. The number of benzene rings is 2. The number of ether oxygens (including phenoxy) is 2. The highest BCUT2D eigenvalue weighted by atomic mass is 16.5. The molecule has 1 atom stereocenters. The Balaban J connectivity index is 1.58. The van der Waals surface area contributed by atoms with Crippen molar-refractivity contribution in [2.45, 2.75) is 19.6 Å². The smallest absolute Gasteiger partial charge is 0.151 e. The number of nitrogen functional groups attached to an aromatic ring is 1. The fourth-order valence-electron chi connectivity index (χ4n) is 3.78. The lowest BCUT2D eigenvalue weighted by Gasteiger charge is -2.12. The normalized spacial score (nSPS) is 15.2. The third kappa shape index (κ3) is 2.70. The minimum Gasteiger partial charge on any atom is -0.456 e. The van der Waals surface area contributed by atoms with E-state index in [1.54, 1.807) is 12.1 Å². The number of para-hydroxylation sites is 1. The van der Waals surface area contributed by atoms with Crippen molar-refractivity contribution >= 4 is 16.9 Å². The average molecular weight is 383 g/mol. The maximum atomic E-state index is 9.23. The van der Waals surface area contributed by atoms with E-state index in [0.29, 0.717) is 29.5 Å². The fraction of sp³-hybridized carbons (Fsp3) is 0.136. The quantitative estimate of drug-likeness (QED) is 0.567. The molecule has 0 amide bonds. The highest BCUT2D eigenvalue weighted by molar-refractivity contribution is 5.91. The Bertz CT molecular complexity index is 1270. The Labute approximate surface area is 166 Å². The average Bonchev–Trinajstić information content (AvgIpc) is 3.28. The Hall–Kier alpha value is -3.89. The van der Waals surface area contributed by atoms with E-state index in [1.807, 2.05) is 43.3 Å². The van der Waals surface area contributed by atoms with Gasteiger partial charge in [-0.3, -0.25) is 0 Å². The van der Waals surface area contributed by atoms with E-state index in [-0.39, 0.29) is 6.10 Å². The number of aromatic nitrogens is 3. The van der Waals surface area contributed by atoms with Crippen molar-refractivity contribution in [1.82, 2.24) is 14.5 Å². The van der Waals surface area contributed by atoms with Crippen LogP contribution in [0.2, 0.25) is 0 Å². The molecule has 7 nitrogen and oxygen atoms in total. The highest BCUT2D eigenvalue weighted by Gasteiger charge is 2.30. The molecule has 1 unspecified atom stereocenters. The second-order valence-electron chi connectivity index (χ2n) is 6.81. The molecule has 1 aliphatic heterocycles. The summed E-state index contributed by atoms with van der Waals surface area (Å²) in [5.74, 6) is 1.59. The molecule has 3 heterocycles. The van der Waals surface area contributed by atoms with Gasteiger partial charge in [-0.1, -0.05) is 12.1 Å². The summed E-state index contributed by atoms with van der Waals surface area (Å²) in [7, 11) is 0. The van der Waals surface area contributed by atoms with Gasteiger partial charge in [0.25, 0.3) is 0 Å². The molecule has 2 aromatic heterocycles.